The van der Waals surface area contributed by atoms with E-state index in [9.17, 15) is 4.79 Å². The number of ether oxygens (including phenoxy) is 3. The van der Waals surface area contributed by atoms with Crippen molar-refractivity contribution < 1.29 is 19.0 Å². The molecule has 1 aliphatic heterocycles. The van der Waals surface area contributed by atoms with E-state index >= 15 is 0 Å². The lowest BCUT2D eigenvalue weighted by Crippen LogP contribution is -2.62. The lowest BCUT2D eigenvalue weighted by atomic mass is 9.86. The van der Waals surface area contributed by atoms with Crippen LogP contribution >= 0.6 is 12.4 Å². The third-order valence-corrected chi connectivity index (χ3v) is 6.99. The van der Waals surface area contributed by atoms with E-state index in [1.807, 2.05) is 41.3 Å². The molecule has 1 saturated heterocycles. The second-order valence-corrected chi connectivity index (χ2v) is 8.98. The van der Waals surface area contributed by atoms with Crippen LogP contribution in [0, 0.1) is 0 Å². The normalized spacial score (nSPS) is 19.3. The average Bonchev–Trinajstić information content (AvgIpc) is 2.90. The first-order valence-electron chi connectivity index (χ1n) is 12.0. The first kappa shape index (κ1) is 25.6. The molecule has 1 saturated carbocycles. The van der Waals surface area contributed by atoms with Gasteiger partial charge in [-0.1, -0.05) is 43.2 Å². The number of fused-ring (bicyclic) bond motifs is 2. The Kier molecular flexibility index (Phi) is 7.88. The molecule has 192 valence electrons. The van der Waals surface area contributed by atoms with Crippen LogP contribution in [0.15, 0.2) is 42.5 Å². The molecule has 0 radical (unpaired) electrons. The van der Waals surface area contributed by atoms with Crippen molar-refractivity contribution in [3.63, 3.8) is 0 Å². The zero-order chi connectivity index (χ0) is 24.4. The van der Waals surface area contributed by atoms with Crippen LogP contribution in [0.5, 0.6) is 11.5 Å². The number of hydrogen-bond donors (Lipinski definition) is 1. The van der Waals surface area contributed by atoms with Crippen LogP contribution in [0.1, 0.15) is 31.2 Å². The molecule has 0 bridgehead atoms. The highest BCUT2D eigenvalue weighted by molar-refractivity contribution is 5.91. The average molecular weight is 514 g/mol. The number of nitrogen functional groups attached to an aromatic ring is 1. The van der Waals surface area contributed by atoms with E-state index in [0.717, 1.165) is 36.6 Å². The number of rotatable bonds is 5. The Morgan fingerprint density at radius 1 is 1.00 bits per heavy atom. The summed E-state index contributed by atoms with van der Waals surface area (Å²) in [5.74, 6) is 2.14. The quantitative estimate of drug-likeness (QED) is 0.534. The van der Waals surface area contributed by atoms with Crippen LogP contribution in [0.2, 0.25) is 0 Å². The van der Waals surface area contributed by atoms with Crippen molar-refractivity contribution in [1.29, 1.82) is 0 Å². The molecule has 0 unspecified atom stereocenters. The van der Waals surface area contributed by atoms with Gasteiger partial charge in [0.05, 0.1) is 31.8 Å². The molecule has 9 nitrogen and oxygen atoms in total. The summed E-state index contributed by atoms with van der Waals surface area (Å²) in [6.45, 7) is 1.43. The summed E-state index contributed by atoms with van der Waals surface area (Å²) in [4.78, 5) is 26.6. The van der Waals surface area contributed by atoms with E-state index in [1.54, 1.807) is 20.3 Å². The van der Waals surface area contributed by atoms with Crippen molar-refractivity contribution in [2.24, 2.45) is 0 Å². The topological polar surface area (TPSA) is 103 Å². The number of nitrogens with zero attached hydrogens (tertiary/aromatic N) is 4. The highest BCUT2D eigenvalue weighted by atomic mass is 35.5. The van der Waals surface area contributed by atoms with E-state index in [1.165, 1.54) is 0 Å². The highest BCUT2D eigenvalue weighted by Gasteiger charge is 2.42. The number of methoxy groups -OCH3 is 2. The van der Waals surface area contributed by atoms with Crippen molar-refractivity contribution >= 4 is 41.2 Å². The fraction of sp³-hybridized carbons (Fsp3) is 0.423. The minimum Gasteiger partial charge on any atom is -0.493 e. The number of carbonyl (C=O) groups is 1. The summed E-state index contributed by atoms with van der Waals surface area (Å²) < 4.78 is 16.5. The maximum atomic E-state index is 13.0. The van der Waals surface area contributed by atoms with Crippen molar-refractivity contribution in [2.75, 3.05) is 37.9 Å². The van der Waals surface area contributed by atoms with Gasteiger partial charge < -0.3 is 29.7 Å². The van der Waals surface area contributed by atoms with Crippen LogP contribution in [-0.4, -0.2) is 60.4 Å². The predicted octanol–water partition coefficient (Wildman–Crippen LogP) is 4.42. The minimum absolute atomic E-state index is 0. The van der Waals surface area contributed by atoms with Gasteiger partial charge in [0.1, 0.15) is 12.4 Å². The van der Waals surface area contributed by atoms with Gasteiger partial charge in [0, 0.05) is 24.5 Å². The minimum atomic E-state index is -0.263. The second-order valence-electron chi connectivity index (χ2n) is 8.98. The van der Waals surface area contributed by atoms with E-state index in [-0.39, 0.29) is 37.2 Å². The van der Waals surface area contributed by atoms with Crippen LogP contribution in [0.25, 0.3) is 10.9 Å². The Hall–Kier alpha value is -3.46. The summed E-state index contributed by atoms with van der Waals surface area (Å²) >= 11 is 0. The Morgan fingerprint density at radius 3 is 2.42 bits per heavy atom. The molecule has 3 aromatic rings. The van der Waals surface area contributed by atoms with Crippen LogP contribution in [-0.2, 0) is 11.3 Å². The lowest BCUT2D eigenvalue weighted by Gasteiger charge is -2.49. The standard InChI is InChI=1S/C26H31N5O4.ClH/c1-33-22-14-18-19(15-23(22)34-2)28-25(29-24(18)27)30-12-13-31(21-11-7-6-10-20(21)30)26(32)35-16-17-8-4-3-5-9-17;/h3-5,8-9,14-15,20-21H,6-7,10-13,16H2,1-2H3,(H2,27,28,29);1H/t20-,21+;/m0./s1. The smallest absolute Gasteiger partial charge is 0.410 e. The maximum absolute atomic E-state index is 13.0. The fourth-order valence-electron chi connectivity index (χ4n) is 5.24. The molecule has 5 rings (SSSR count). The third kappa shape index (κ3) is 4.93. The molecule has 0 spiro atoms. The van der Waals surface area contributed by atoms with Gasteiger partial charge >= 0.3 is 6.09 Å². The zero-order valence-electron chi connectivity index (χ0n) is 20.6. The Balaban J connectivity index is 0.00000304. The van der Waals surface area contributed by atoms with Gasteiger partial charge in [0.25, 0.3) is 0 Å². The van der Waals surface area contributed by atoms with Gasteiger partial charge in [-0.15, -0.1) is 12.4 Å². The number of aromatic nitrogens is 2. The van der Waals surface area contributed by atoms with Gasteiger partial charge in [-0.25, -0.2) is 9.78 Å². The van der Waals surface area contributed by atoms with E-state index in [2.05, 4.69) is 9.88 Å². The summed E-state index contributed by atoms with van der Waals surface area (Å²) in [7, 11) is 3.18. The number of nitrogens with two attached hydrogens (primary N) is 1. The number of benzene rings is 2. The van der Waals surface area contributed by atoms with Crippen LogP contribution < -0.4 is 20.1 Å². The number of halogens is 1. The molecule has 2 fully saturated rings. The Labute approximate surface area is 216 Å². The number of anilines is 2. The first-order chi connectivity index (χ1) is 17.1. The molecule has 1 aliphatic carbocycles. The largest absolute Gasteiger partial charge is 0.493 e. The van der Waals surface area contributed by atoms with Gasteiger partial charge in [-0.3, -0.25) is 0 Å². The van der Waals surface area contributed by atoms with Crippen molar-refractivity contribution in [1.82, 2.24) is 14.9 Å². The molecular weight excluding hydrogens is 482 g/mol. The molecule has 2 atom stereocenters. The molecule has 2 aromatic carbocycles. The summed E-state index contributed by atoms with van der Waals surface area (Å²) in [5, 5.41) is 0.717. The molecule has 2 N–H and O–H groups in total. The fourth-order valence-corrected chi connectivity index (χ4v) is 5.24. The maximum Gasteiger partial charge on any atom is 0.410 e. The molecule has 1 aromatic heterocycles. The zero-order valence-corrected chi connectivity index (χ0v) is 21.4. The first-order valence-corrected chi connectivity index (χ1v) is 12.0. The van der Waals surface area contributed by atoms with Gasteiger partial charge in [-0.05, 0) is 24.5 Å². The number of amides is 1. The summed E-state index contributed by atoms with van der Waals surface area (Å²) in [6, 6.07) is 13.5. The lowest BCUT2D eigenvalue weighted by molar-refractivity contribution is 0.0556. The molecule has 36 heavy (non-hydrogen) atoms. The van der Waals surface area contributed by atoms with Gasteiger partial charge in [0.15, 0.2) is 11.5 Å². The molecule has 10 heteroatoms. The van der Waals surface area contributed by atoms with Crippen LogP contribution in [0.3, 0.4) is 0 Å². The number of hydrogen-bond acceptors (Lipinski definition) is 8. The van der Waals surface area contributed by atoms with Gasteiger partial charge in [0.2, 0.25) is 5.95 Å². The monoisotopic (exact) mass is 513 g/mol. The number of piperazine rings is 1. The molecule has 2 heterocycles. The van der Waals surface area contributed by atoms with Gasteiger partial charge in [-0.2, -0.15) is 4.98 Å². The second kappa shape index (κ2) is 11.1. The molecule has 2 aliphatic rings. The predicted molar refractivity (Wildman–Crippen MR) is 141 cm³/mol. The van der Waals surface area contributed by atoms with E-state index in [0.29, 0.717) is 41.9 Å². The van der Waals surface area contributed by atoms with E-state index < -0.39 is 0 Å². The number of carbonyl (C=O) groups excluding carboxylic acids is 1. The summed E-state index contributed by atoms with van der Waals surface area (Å²) in [5.41, 5.74) is 8.03. The van der Waals surface area contributed by atoms with Crippen molar-refractivity contribution in [3.8, 4) is 11.5 Å². The third-order valence-electron chi connectivity index (χ3n) is 6.99. The van der Waals surface area contributed by atoms with Crippen LogP contribution in [0.4, 0.5) is 16.6 Å². The Morgan fingerprint density at radius 2 is 1.69 bits per heavy atom. The highest BCUT2D eigenvalue weighted by Crippen LogP contribution is 2.37. The SMILES string of the molecule is COc1cc2nc(N3CCN(C(=O)OCc4ccccc4)[C@@H]4CCCC[C@@H]43)nc(N)c2cc1OC.Cl. The molecule has 1 amide bonds. The molecular formula is C26H32ClN5O4. The van der Waals surface area contributed by atoms with Crippen molar-refractivity contribution in [3.05, 3.63) is 48.0 Å². The Bertz CT molecular complexity index is 1210. The van der Waals surface area contributed by atoms with Crippen molar-refractivity contribution in [2.45, 2.75) is 44.4 Å². The van der Waals surface area contributed by atoms with E-state index in [4.69, 9.17) is 24.9 Å². The summed E-state index contributed by atoms with van der Waals surface area (Å²) in [6.07, 6.45) is 3.80.